The van der Waals surface area contributed by atoms with Gasteiger partial charge in [0.2, 0.25) is 53.2 Å². The molecule has 5 rings (SSSR count). The maximum absolute atomic E-state index is 14.4. The van der Waals surface area contributed by atoms with Crippen molar-refractivity contribution in [3.8, 4) is 5.75 Å². The first-order chi connectivity index (χ1) is 39.0. The van der Waals surface area contributed by atoms with Crippen molar-refractivity contribution in [3.05, 3.63) is 102 Å². The minimum atomic E-state index is -1.87. The van der Waals surface area contributed by atoms with Gasteiger partial charge in [-0.25, -0.2) is 4.79 Å². The Morgan fingerprint density at radius 1 is 0.561 bits per heavy atom. The average Bonchev–Trinajstić information content (AvgIpc) is 4.25. The topological polar surface area (TPSA) is 389 Å². The minimum Gasteiger partial charge on any atom is -0.508 e. The first-order valence-corrected chi connectivity index (χ1v) is 28.5. The van der Waals surface area contributed by atoms with Gasteiger partial charge in [-0.15, -0.1) is 0 Å². The molecule has 2 saturated heterocycles. The van der Waals surface area contributed by atoms with Gasteiger partial charge in [0, 0.05) is 25.9 Å². The summed E-state index contributed by atoms with van der Waals surface area (Å²) >= 11 is 1.44. The summed E-state index contributed by atoms with van der Waals surface area (Å²) in [6.45, 7) is 2.71. The van der Waals surface area contributed by atoms with Crippen LogP contribution in [-0.2, 0) is 67.2 Å². The fraction of sp³-hybridized carbons (Fsp3) is 0.500. The Balaban J connectivity index is 1.21. The molecule has 0 aliphatic carbocycles. The highest BCUT2D eigenvalue weighted by Gasteiger charge is 2.42. The van der Waals surface area contributed by atoms with Gasteiger partial charge in [0.1, 0.15) is 60.1 Å². The van der Waals surface area contributed by atoms with E-state index in [0.717, 1.165) is 19.4 Å². The van der Waals surface area contributed by atoms with Crippen LogP contribution >= 0.6 is 11.8 Å². The molecule has 0 bridgehead atoms. The van der Waals surface area contributed by atoms with Gasteiger partial charge in [0.25, 0.3) is 0 Å². The molecule has 12 atom stereocenters. The number of aliphatic hydroxyl groups is 3. The second-order valence-corrected chi connectivity index (χ2v) is 21.5. The molecule has 26 heteroatoms. The summed E-state index contributed by atoms with van der Waals surface area (Å²) in [5, 5.41) is 68.8. The molecule has 0 spiro atoms. The van der Waals surface area contributed by atoms with E-state index in [-0.39, 0.29) is 57.4 Å². The molecule has 25 nitrogen and oxygen atoms in total. The number of aliphatic hydroxyl groups excluding tert-OH is 3. The molecular weight excluding hydrogens is 1080 g/mol. The van der Waals surface area contributed by atoms with Crippen molar-refractivity contribution in [1.29, 1.82) is 0 Å². The van der Waals surface area contributed by atoms with E-state index in [9.17, 15) is 73.5 Å². The number of phenols is 1. The summed E-state index contributed by atoms with van der Waals surface area (Å²) in [7, 11) is 0. The lowest BCUT2D eigenvalue weighted by Crippen LogP contribution is -2.63. The lowest BCUT2D eigenvalue weighted by molar-refractivity contribution is -0.145. The molecule has 3 aromatic rings. The van der Waals surface area contributed by atoms with Crippen LogP contribution < -0.4 is 43.0 Å². The number of hydrogen-bond donors (Lipinski definition) is 13. The number of phenolic OH excluding ortho intramolecular Hbond substituents is 1. The number of aromatic hydroxyl groups is 1. The molecule has 3 aromatic carbocycles. The number of hydrogen-bond acceptors (Lipinski definition) is 16. The van der Waals surface area contributed by atoms with Crippen LogP contribution in [0, 0.1) is 0 Å². The summed E-state index contributed by atoms with van der Waals surface area (Å²) in [6, 6.07) is 9.62. The summed E-state index contributed by atoms with van der Waals surface area (Å²) in [4.78, 5) is 139. The smallest absolute Gasteiger partial charge is 0.326 e. The van der Waals surface area contributed by atoms with Crippen molar-refractivity contribution in [2.24, 2.45) is 5.73 Å². The number of nitrogens with two attached hydrogens (primary N) is 1. The lowest BCUT2D eigenvalue weighted by Gasteiger charge is -2.31. The van der Waals surface area contributed by atoms with Crippen LogP contribution in [0.2, 0.25) is 0 Å². The van der Waals surface area contributed by atoms with Crippen LogP contribution in [0.1, 0.15) is 69.6 Å². The normalized spacial score (nSPS) is 18.6. The summed E-state index contributed by atoms with van der Waals surface area (Å²) in [6.07, 6.45) is -0.163. The van der Waals surface area contributed by atoms with Crippen LogP contribution in [-0.4, -0.2) is 199 Å². The van der Waals surface area contributed by atoms with Crippen LogP contribution in [0.4, 0.5) is 0 Å². The first kappa shape index (κ1) is 65.2. The first-order valence-electron chi connectivity index (χ1n) is 27.1. The van der Waals surface area contributed by atoms with Crippen LogP contribution in [0.3, 0.4) is 0 Å². The van der Waals surface area contributed by atoms with Crippen molar-refractivity contribution in [2.45, 2.75) is 145 Å². The maximum atomic E-state index is 14.4. The van der Waals surface area contributed by atoms with Gasteiger partial charge < -0.3 is 78.3 Å². The van der Waals surface area contributed by atoms with Gasteiger partial charge in [-0.2, -0.15) is 11.8 Å². The van der Waals surface area contributed by atoms with Crippen molar-refractivity contribution >= 4 is 70.9 Å². The molecule has 0 radical (unpaired) electrons. The molecule has 2 heterocycles. The number of nitrogens with one attached hydrogen (secondary N) is 7. The monoisotopic (exact) mass is 1160 g/mol. The fourth-order valence-electron chi connectivity index (χ4n) is 9.56. The molecule has 2 aliphatic rings. The van der Waals surface area contributed by atoms with Crippen molar-refractivity contribution in [1.82, 2.24) is 47.0 Å². The molecule has 2 aliphatic heterocycles. The molecule has 446 valence electrons. The predicted octanol–water partition coefficient (Wildman–Crippen LogP) is -2.27. The van der Waals surface area contributed by atoms with E-state index in [0.29, 0.717) is 29.7 Å². The number of carbonyl (C=O) groups is 10. The van der Waals surface area contributed by atoms with E-state index in [4.69, 9.17) is 5.73 Å². The number of amides is 9. The number of thioether (sulfide) groups is 1. The van der Waals surface area contributed by atoms with Gasteiger partial charge in [-0.1, -0.05) is 72.8 Å². The van der Waals surface area contributed by atoms with E-state index in [2.05, 4.69) is 37.2 Å². The molecule has 0 saturated carbocycles. The Labute approximate surface area is 479 Å². The number of benzene rings is 3. The number of carboxylic acid groups (broad SMARTS) is 1. The Morgan fingerprint density at radius 2 is 1.01 bits per heavy atom. The second-order valence-electron chi connectivity index (χ2n) is 20.5. The van der Waals surface area contributed by atoms with Gasteiger partial charge in [0.05, 0.1) is 24.9 Å². The van der Waals surface area contributed by atoms with Crippen molar-refractivity contribution in [3.63, 3.8) is 0 Å². The van der Waals surface area contributed by atoms with E-state index < -0.39 is 138 Å². The molecule has 82 heavy (non-hydrogen) atoms. The highest BCUT2D eigenvalue weighted by Crippen LogP contribution is 2.23. The minimum absolute atomic E-state index is 0.0279. The van der Waals surface area contributed by atoms with E-state index in [1.165, 1.54) is 52.8 Å². The van der Waals surface area contributed by atoms with E-state index in [1.54, 1.807) is 30.3 Å². The number of carbonyl (C=O) groups excluding carboxylic acids is 9. The summed E-state index contributed by atoms with van der Waals surface area (Å²) < 4.78 is 0. The Hall–Kier alpha value is -7.65. The highest BCUT2D eigenvalue weighted by molar-refractivity contribution is 7.98. The molecule has 0 aromatic heterocycles. The predicted molar refractivity (Wildman–Crippen MR) is 300 cm³/mol. The van der Waals surface area contributed by atoms with Gasteiger partial charge >= 0.3 is 5.97 Å². The zero-order valence-corrected chi connectivity index (χ0v) is 47.0. The van der Waals surface area contributed by atoms with Crippen molar-refractivity contribution in [2.75, 3.05) is 31.7 Å². The summed E-state index contributed by atoms with van der Waals surface area (Å²) in [5.41, 5.74) is 8.17. The van der Waals surface area contributed by atoms with Crippen LogP contribution in [0.25, 0.3) is 0 Å². The van der Waals surface area contributed by atoms with Crippen LogP contribution in [0.5, 0.6) is 5.75 Å². The number of rotatable bonds is 29. The highest BCUT2D eigenvalue weighted by atomic mass is 32.2. The fourth-order valence-corrected chi connectivity index (χ4v) is 10.0. The Morgan fingerprint density at radius 3 is 1.51 bits per heavy atom. The third kappa shape index (κ3) is 18.7. The van der Waals surface area contributed by atoms with E-state index >= 15 is 0 Å². The average molecular weight is 1160 g/mol. The number of aliphatic carboxylic acids is 1. The SMILES string of the molecule is CSCC[C@H](NC(=O)[C@@H](N)Cc1ccccc1)C(=O)N1CCC[C@H]1C(=O)N[C@@H](CO)C(=O)N[C@H](C(=O)N[C@H](C(=O)N[C@@H](C)C(=O)N[C@@H](Cc1ccc(O)cc1)C(=O)N1CCC[C@H]1C(=O)N[C@@H](Cc1ccccc1)C(=O)O)[C@@H](C)O)[C@@H](C)O. The molecular formula is C56H76N10O15S. The molecule has 0 unspecified atom stereocenters. The Kier molecular flexibility index (Phi) is 25.1. The third-order valence-corrected chi connectivity index (χ3v) is 14.8. The van der Waals surface area contributed by atoms with E-state index in [1.807, 2.05) is 36.6 Å². The Bertz CT molecular complexity index is 2690. The zero-order valence-electron chi connectivity index (χ0n) is 46.2. The number of carboxylic acids is 1. The largest absolute Gasteiger partial charge is 0.508 e. The van der Waals surface area contributed by atoms with Crippen LogP contribution in [0.15, 0.2) is 84.9 Å². The molecule has 2 fully saturated rings. The lowest BCUT2D eigenvalue weighted by atomic mass is 10.0. The summed E-state index contributed by atoms with van der Waals surface area (Å²) in [5.74, 6) is -8.67. The third-order valence-electron chi connectivity index (χ3n) is 14.1. The quantitative estimate of drug-likeness (QED) is 0.0349. The number of likely N-dealkylation sites (tertiary alicyclic amines) is 2. The zero-order chi connectivity index (χ0) is 60.2. The van der Waals surface area contributed by atoms with Gasteiger partial charge in [0.15, 0.2) is 0 Å². The van der Waals surface area contributed by atoms with Gasteiger partial charge in [-0.05, 0) is 100 Å². The second kappa shape index (κ2) is 31.5. The van der Waals surface area contributed by atoms with Gasteiger partial charge in [-0.3, -0.25) is 43.2 Å². The maximum Gasteiger partial charge on any atom is 0.326 e. The standard InChI is InChI=1S/C56H76N10O15S/c1-31(47(71)60-40(28-36-19-21-37(70)22-20-36)55(79)66-25-12-17-43(66)50(74)61-41(56(80)81)29-35-15-9-6-10-16-35)58-52(76)45(32(2)68)64-53(77)46(33(3)69)63-49(73)42(30-67)62-51(75)44-18-11-24-65(44)54(78)39(23-26-82-4)59-48(72)38(57)27-34-13-7-5-8-14-34/h5-10,13-16,19-22,31-33,38-46,67-70H,11-12,17-18,23-30,57H2,1-4H3,(H,58,76)(H,59,72)(H,60,71)(H,61,74)(H,62,75)(H,63,73)(H,64,77)(H,80,81)/t31-,32+,33+,38-,39-,40-,41-,42-,43-,44-,45-,46-/m0/s1. The molecule has 9 amide bonds. The van der Waals surface area contributed by atoms with Crippen molar-refractivity contribution < 1.29 is 73.5 Å². The molecule has 14 N–H and O–H groups in total. The number of nitrogens with zero attached hydrogens (tertiary/aromatic N) is 2.